The molecule has 12 rings (SSSR count). The fraction of sp³-hybridized carbons (Fsp3) is 0.0189. The monoisotopic (exact) mass is 756 g/mol. The highest BCUT2D eigenvalue weighted by Crippen LogP contribution is 2.63. The van der Waals surface area contributed by atoms with Crippen LogP contribution in [0.3, 0.4) is 0 Å². The minimum atomic E-state index is -0.452. The lowest BCUT2D eigenvalue weighted by molar-refractivity contribution is 0.726. The Hall–Kier alpha value is -7.21. The maximum absolute atomic E-state index is 5.39. The molecule has 0 atom stereocenters. The first-order valence-electron chi connectivity index (χ1n) is 19.6. The molecule has 0 amide bonds. The second-order valence-electron chi connectivity index (χ2n) is 14.9. The number of hydrogen-bond donors (Lipinski definition) is 0. The molecule has 0 unspecified atom stereocenters. The van der Waals surface area contributed by atoms with Gasteiger partial charge in [-0.3, -0.25) is 0 Å². The van der Waals surface area contributed by atoms with Crippen molar-refractivity contribution < 1.29 is 0 Å². The number of aromatic nitrogens is 4. The summed E-state index contributed by atoms with van der Waals surface area (Å²) in [6.07, 6.45) is 0. The SMILES string of the molecule is c1ccc(-c2nc(-c3ccccc3)nc(-c3ccc(-c4nc5ccccc5c5c6c(ccc45)C4(c5ccccc5S6)c5ccccc5-c5ccccc54)cc3)n2)cc1. The van der Waals surface area contributed by atoms with Crippen LogP contribution in [0.5, 0.6) is 0 Å². The predicted octanol–water partition coefficient (Wildman–Crippen LogP) is 13.1. The van der Waals surface area contributed by atoms with Crippen molar-refractivity contribution in [3.63, 3.8) is 0 Å². The average molecular weight is 757 g/mol. The molecule has 5 heteroatoms. The Morgan fingerprint density at radius 3 is 1.48 bits per heavy atom. The zero-order valence-corrected chi connectivity index (χ0v) is 32.0. The maximum Gasteiger partial charge on any atom is 0.164 e. The van der Waals surface area contributed by atoms with Gasteiger partial charge in [-0.05, 0) is 45.5 Å². The number of nitrogens with zero attached hydrogens (tertiary/aromatic N) is 4. The normalized spacial score (nSPS) is 13.2. The molecule has 1 spiro atoms. The highest BCUT2D eigenvalue weighted by atomic mass is 32.2. The lowest BCUT2D eigenvalue weighted by atomic mass is 9.67. The minimum Gasteiger partial charge on any atom is -0.247 e. The molecule has 3 heterocycles. The Labute approximate surface area is 340 Å². The summed E-state index contributed by atoms with van der Waals surface area (Å²) in [6, 6.07) is 69.0. The van der Waals surface area contributed by atoms with Gasteiger partial charge in [-0.15, -0.1) is 0 Å². The van der Waals surface area contributed by atoms with Crippen LogP contribution in [-0.2, 0) is 5.41 Å². The summed E-state index contributed by atoms with van der Waals surface area (Å²) in [5, 5.41) is 3.52. The van der Waals surface area contributed by atoms with Crippen LogP contribution >= 0.6 is 11.8 Å². The molecule has 10 aromatic rings. The van der Waals surface area contributed by atoms with Gasteiger partial charge < -0.3 is 0 Å². The molecule has 0 fully saturated rings. The predicted molar refractivity (Wildman–Crippen MR) is 236 cm³/mol. The van der Waals surface area contributed by atoms with Gasteiger partial charge in [0.05, 0.1) is 16.6 Å². The van der Waals surface area contributed by atoms with Crippen molar-refractivity contribution in [3.8, 4) is 56.5 Å². The summed E-state index contributed by atoms with van der Waals surface area (Å²) in [5.41, 5.74) is 13.2. The first-order valence-corrected chi connectivity index (χ1v) is 20.4. The second kappa shape index (κ2) is 12.9. The van der Waals surface area contributed by atoms with E-state index in [1.807, 2.05) is 72.4 Å². The molecule has 0 N–H and O–H groups in total. The Bertz CT molecular complexity index is 3150. The van der Waals surface area contributed by atoms with Crippen molar-refractivity contribution >= 4 is 33.4 Å². The van der Waals surface area contributed by atoms with E-state index >= 15 is 0 Å². The molecule has 8 aromatic carbocycles. The Kier molecular flexibility index (Phi) is 7.34. The van der Waals surface area contributed by atoms with E-state index in [4.69, 9.17) is 19.9 Å². The smallest absolute Gasteiger partial charge is 0.164 e. The third-order valence-corrected chi connectivity index (χ3v) is 13.0. The van der Waals surface area contributed by atoms with Gasteiger partial charge in [0.15, 0.2) is 17.5 Å². The van der Waals surface area contributed by atoms with Crippen molar-refractivity contribution in [2.75, 3.05) is 0 Å². The average Bonchev–Trinajstić information content (AvgIpc) is 3.59. The third-order valence-electron chi connectivity index (χ3n) is 11.8. The molecule has 1 aliphatic heterocycles. The van der Waals surface area contributed by atoms with Gasteiger partial charge in [0.1, 0.15) is 0 Å². The van der Waals surface area contributed by atoms with Crippen LogP contribution in [0.2, 0.25) is 0 Å². The third kappa shape index (κ3) is 4.84. The highest BCUT2D eigenvalue weighted by molar-refractivity contribution is 7.99. The molecular weight excluding hydrogens is 725 g/mol. The zero-order valence-electron chi connectivity index (χ0n) is 31.2. The van der Waals surface area contributed by atoms with Crippen LogP contribution in [-0.4, -0.2) is 19.9 Å². The quantitative estimate of drug-likeness (QED) is 0.167. The number of hydrogen-bond acceptors (Lipinski definition) is 5. The van der Waals surface area contributed by atoms with Crippen molar-refractivity contribution in [1.82, 2.24) is 19.9 Å². The summed E-state index contributed by atoms with van der Waals surface area (Å²) in [7, 11) is 0. The van der Waals surface area contributed by atoms with Crippen LogP contribution < -0.4 is 0 Å². The van der Waals surface area contributed by atoms with E-state index in [1.54, 1.807) is 0 Å². The van der Waals surface area contributed by atoms with Gasteiger partial charge in [0.2, 0.25) is 0 Å². The van der Waals surface area contributed by atoms with Crippen molar-refractivity contribution in [2.45, 2.75) is 15.2 Å². The molecular formula is C53H32N4S. The summed E-state index contributed by atoms with van der Waals surface area (Å²) < 4.78 is 0. The van der Waals surface area contributed by atoms with Crippen LogP contribution in [0.15, 0.2) is 204 Å². The molecule has 58 heavy (non-hydrogen) atoms. The van der Waals surface area contributed by atoms with Gasteiger partial charge in [-0.25, -0.2) is 19.9 Å². The summed E-state index contributed by atoms with van der Waals surface area (Å²) in [4.78, 5) is 22.8. The molecule has 0 bridgehead atoms. The standard InChI is InChI=1S/C53H32N4S/c1-3-15-34(16-4-1)50-55-51(35-17-5-2-6-18-35)57-52(56-50)36-29-27-33(28-30-36)48-40-31-32-44-49(47(40)39-21-9-13-25-45(39)54-48)58-46-26-14-12-24-43(46)53(44)41-22-10-7-19-37(41)38-20-8-11-23-42(38)53/h1-32H. The zero-order chi connectivity index (χ0) is 38.2. The molecule has 1 aliphatic carbocycles. The van der Waals surface area contributed by atoms with Gasteiger partial charge >= 0.3 is 0 Å². The topological polar surface area (TPSA) is 51.6 Å². The van der Waals surface area contributed by atoms with E-state index in [0.29, 0.717) is 17.5 Å². The number of pyridine rings is 1. The van der Waals surface area contributed by atoms with Crippen LogP contribution in [0.1, 0.15) is 22.3 Å². The van der Waals surface area contributed by atoms with Crippen LogP contribution in [0.25, 0.3) is 78.2 Å². The summed E-state index contributed by atoms with van der Waals surface area (Å²) in [6.45, 7) is 0. The van der Waals surface area contributed by atoms with Gasteiger partial charge in [-0.2, -0.15) is 0 Å². The Morgan fingerprint density at radius 1 is 0.345 bits per heavy atom. The molecule has 2 aliphatic rings. The van der Waals surface area contributed by atoms with E-state index < -0.39 is 5.41 Å². The van der Waals surface area contributed by atoms with Crippen molar-refractivity contribution in [2.24, 2.45) is 0 Å². The molecule has 0 radical (unpaired) electrons. The van der Waals surface area contributed by atoms with E-state index in [1.165, 1.54) is 48.6 Å². The van der Waals surface area contributed by atoms with Gasteiger partial charge in [0.25, 0.3) is 0 Å². The lowest BCUT2D eigenvalue weighted by Crippen LogP contribution is -2.32. The van der Waals surface area contributed by atoms with Gasteiger partial charge in [0, 0.05) is 48.2 Å². The summed E-state index contributed by atoms with van der Waals surface area (Å²) >= 11 is 1.89. The Balaban J connectivity index is 1.06. The molecule has 0 saturated carbocycles. The fourth-order valence-electron chi connectivity index (χ4n) is 9.28. The molecule has 4 nitrogen and oxygen atoms in total. The highest BCUT2D eigenvalue weighted by Gasteiger charge is 2.50. The maximum atomic E-state index is 5.39. The number of fused-ring (bicyclic) bond motifs is 13. The number of para-hydroxylation sites is 1. The second-order valence-corrected chi connectivity index (χ2v) is 15.9. The fourth-order valence-corrected chi connectivity index (χ4v) is 10.6. The number of benzene rings is 8. The first kappa shape index (κ1) is 33.0. The van der Waals surface area contributed by atoms with E-state index in [9.17, 15) is 0 Å². The van der Waals surface area contributed by atoms with Crippen molar-refractivity contribution in [3.05, 3.63) is 216 Å². The lowest BCUT2D eigenvalue weighted by Gasteiger charge is -2.40. The first-order chi connectivity index (χ1) is 28.8. The molecule has 2 aromatic heterocycles. The van der Waals surface area contributed by atoms with E-state index in [2.05, 4.69) is 133 Å². The Morgan fingerprint density at radius 2 is 0.845 bits per heavy atom. The molecule has 270 valence electrons. The van der Waals surface area contributed by atoms with Gasteiger partial charge in [-0.1, -0.05) is 194 Å². The molecule has 0 saturated heterocycles. The summed E-state index contributed by atoms with van der Waals surface area (Å²) in [5.74, 6) is 1.91. The largest absolute Gasteiger partial charge is 0.247 e. The minimum absolute atomic E-state index is 0.452. The number of rotatable bonds is 4. The van der Waals surface area contributed by atoms with E-state index in [-0.39, 0.29) is 0 Å². The van der Waals surface area contributed by atoms with E-state index in [0.717, 1.165) is 44.2 Å². The van der Waals surface area contributed by atoms with Crippen molar-refractivity contribution in [1.29, 1.82) is 0 Å². The van der Waals surface area contributed by atoms with Crippen LogP contribution in [0.4, 0.5) is 0 Å². The van der Waals surface area contributed by atoms with Crippen LogP contribution in [0, 0.1) is 0 Å².